The minimum absolute atomic E-state index is 0.0236. The molecule has 0 radical (unpaired) electrons. The van der Waals surface area contributed by atoms with Crippen molar-refractivity contribution in [2.45, 2.75) is 56.1 Å². The van der Waals surface area contributed by atoms with Gasteiger partial charge < -0.3 is 15.5 Å². The first-order valence-electron chi connectivity index (χ1n) is 13.0. The minimum atomic E-state index is -0.826. The molecule has 1 aliphatic carbocycles. The zero-order chi connectivity index (χ0) is 26.4. The number of β-amino-alcohol motifs (C(OH)–C–C–N with tert-alkyl or cyclic N) is 1. The first-order valence-corrected chi connectivity index (χ1v) is 13.7. The van der Waals surface area contributed by atoms with Crippen molar-refractivity contribution in [2.75, 3.05) is 20.1 Å². The van der Waals surface area contributed by atoms with Crippen molar-refractivity contribution in [1.29, 1.82) is 0 Å². The van der Waals surface area contributed by atoms with E-state index in [1.54, 1.807) is 11.9 Å². The van der Waals surface area contributed by atoms with Gasteiger partial charge >= 0.3 is 5.97 Å². The maximum atomic E-state index is 11.0. The van der Waals surface area contributed by atoms with Gasteiger partial charge in [0.1, 0.15) is 0 Å². The van der Waals surface area contributed by atoms with Gasteiger partial charge in [-0.1, -0.05) is 60.7 Å². The number of hydrogen-bond donors (Lipinski definition) is 3. The number of aliphatic hydroxyl groups is 1. The van der Waals surface area contributed by atoms with Crippen molar-refractivity contribution in [2.24, 2.45) is 5.92 Å². The summed E-state index contributed by atoms with van der Waals surface area (Å²) in [5.74, 6) is -0.175. The minimum Gasteiger partial charge on any atom is -0.481 e. The molecule has 0 saturated carbocycles. The van der Waals surface area contributed by atoms with Crippen LogP contribution in [0.1, 0.15) is 37.0 Å². The highest BCUT2D eigenvalue weighted by atomic mass is 32.2. The monoisotopic (exact) mass is 518 g/mol. The first kappa shape index (κ1) is 27.4. The quantitative estimate of drug-likeness (QED) is 0.277. The van der Waals surface area contributed by atoms with E-state index in [2.05, 4.69) is 72.0 Å². The Kier molecular flexibility index (Phi) is 9.08. The summed E-state index contributed by atoms with van der Waals surface area (Å²) in [6.45, 7) is 5.59. The molecule has 0 spiro atoms. The maximum Gasteiger partial charge on any atom is 0.307 e. The van der Waals surface area contributed by atoms with Crippen LogP contribution < -0.4 is 5.32 Å². The summed E-state index contributed by atoms with van der Waals surface area (Å²) in [6, 6.07) is 24.7. The molecule has 6 heteroatoms. The predicted octanol–water partition coefficient (Wildman–Crippen LogP) is 5.45. The summed E-state index contributed by atoms with van der Waals surface area (Å²) in [5.41, 5.74) is 5.80. The molecular formula is C31H38N2O3S. The van der Waals surface area contributed by atoms with Gasteiger partial charge in [0.2, 0.25) is 0 Å². The van der Waals surface area contributed by atoms with Gasteiger partial charge in [0.25, 0.3) is 0 Å². The van der Waals surface area contributed by atoms with Gasteiger partial charge in [-0.05, 0) is 98.0 Å². The van der Waals surface area contributed by atoms with Gasteiger partial charge in [-0.3, -0.25) is 4.79 Å². The number of nitrogens with one attached hydrogen (secondary N) is 1. The normalized spacial score (nSPS) is 14.6. The Hall–Kier alpha value is -2.64. The lowest BCUT2D eigenvalue weighted by molar-refractivity contribution is -0.136. The van der Waals surface area contributed by atoms with Gasteiger partial charge in [-0.25, -0.2) is 4.31 Å². The molecule has 1 atom stereocenters. The summed E-state index contributed by atoms with van der Waals surface area (Å²) >= 11 is 1.61. The van der Waals surface area contributed by atoms with Crippen LogP contribution >= 0.6 is 11.9 Å². The highest BCUT2D eigenvalue weighted by Gasteiger charge is 2.28. The molecule has 0 bridgehead atoms. The molecule has 1 unspecified atom stereocenters. The van der Waals surface area contributed by atoms with E-state index in [4.69, 9.17) is 5.11 Å². The molecular weight excluding hydrogens is 480 g/mol. The lowest BCUT2D eigenvalue weighted by atomic mass is 9.88. The summed E-state index contributed by atoms with van der Waals surface area (Å²) in [5, 5.41) is 23.3. The van der Waals surface area contributed by atoms with E-state index < -0.39 is 12.1 Å². The molecule has 4 rings (SSSR count). The SMILES string of the molecule is CN(CC(O)CNC(C)(C)CC1Cc2ccccc2C1)Sc1ccc(-c2cccc(CC(=O)O)c2)cc1. The standard InChI is InChI=1S/C31H38N2O3S/c1-31(2,19-23-16-26-8-4-5-9-27(26)17-23)32-20-28(34)21-33(3)37-29-13-11-24(12-14-29)25-10-6-7-22(15-25)18-30(35)36/h4-15,23,28,32,34H,16-21H2,1-3H3,(H,35,36). The molecule has 196 valence electrons. The lowest BCUT2D eigenvalue weighted by Gasteiger charge is -2.31. The van der Waals surface area contributed by atoms with Crippen molar-refractivity contribution in [3.8, 4) is 11.1 Å². The van der Waals surface area contributed by atoms with Crippen LogP contribution in [0.25, 0.3) is 11.1 Å². The Labute approximate surface area is 225 Å². The highest BCUT2D eigenvalue weighted by Crippen LogP contribution is 2.32. The third-order valence-corrected chi connectivity index (χ3v) is 7.89. The molecule has 3 aromatic rings. The second kappa shape index (κ2) is 12.3. The fraction of sp³-hybridized carbons (Fsp3) is 0.387. The van der Waals surface area contributed by atoms with Crippen LogP contribution in [-0.4, -0.2) is 52.3 Å². The van der Waals surface area contributed by atoms with Crippen LogP contribution in [0, 0.1) is 5.92 Å². The molecule has 3 N–H and O–H groups in total. The number of aliphatic carboxylic acids is 1. The second-order valence-electron chi connectivity index (χ2n) is 10.9. The zero-order valence-corrected chi connectivity index (χ0v) is 22.8. The molecule has 0 heterocycles. The average molecular weight is 519 g/mol. The van der Waals surface area contributed by atoms with Gasteiger partial charge in [0, 0.05) is 23.5 Å². The number of fused-ring (bicyclic) bond motifs is 1. The van der Waals surface area contributed by atoms with Crippen molar-refractivity contribution in [3.63, 3.8) is 0 Å². The molecule has 5 nitrogen and oxygen atoms in total. The second-order valence-corrected chi connectivity index (χ2v) is 12.1. The lowest BCUT2D eigenvalue weighted by Crippen LogP contribution is -2.46. The largest absolute Gasteiger partial charge is 0.481 e. The van der Waals surface area contributed by atoms with E-state index in [1.807, 2.05) is 31.3 Å². The van der Waals surface area contributed by atoms with Gasteiger partial charge in [-0.15, -0.1) is 0 Å². The molecule has 0 fully saturated rings. The molecule has 0 aromatic heterocycles. The molecule has 0 saturated heterocycles. The Balaban J connectivity index is 1.22. The smallest absolute Gasteiger partial charge is 0.307 e. The number of nitrogens with zero attached hydrogens (tertiary/aromatic N) is 1. The van der Waals surface area contributed by atoms with E-state index in [-0.39, 0.29) is 12.0 Å². The van der Waals surface area contributed by atoms with Crippen molar-refractivity contribution >= 4 is 17.9 Å². The van der Waals surface area contributed by atoms with Gasteiger partial charge in [-0.2, -0.15) is 0 Å². The molecule has 0 aliphatic heterocycles. The number of likely N-dealkylation sites (N-methyl/N-ethyl adjacent to an activating group) is 1. The number of rotatable bonds is 12. The highest BCUT2D eigenvalue weighted by molar-refractivity contribution is 7.97. The van der Waals surface area contributed by atoms with Crippen molar-refractivity contribution in [1.82, 2.24) is 9.62 Å². The van der Waals surface area contributed by atoms with Crippen molar-refractivity contribution in [3.05, 3.63) is 89.5 Å². The number of carboxylic acids is 1. The zero-order valence-electron chi connectivity index (χ0n) is 22.0. The van der Waals surface area contributed by atoms with Crippen LogP contribution in [0.4, 0.5) is 0 Å². The maximum absolute atomic E-state index is 11.0. The summed E-state index contributed by atoms with van der Waals surface area (Å²) in [4.78, 5) is 12.1. The van der Waals surface area contributed by atoms with E-state index in [0.717, 1.165) is 40.8 Å². The van der Waals surface area contributed by atoms with Crippen LogP contribution in [-0.2, 0) is 24.1 Å². The fourth-order valence-corrected chi connectivity index (χ4v) is 6.17. The van der Waals surface area contributed by atoms with Gasteiger partial charge in [0.15, 0.2) is 0 Å². The molecule has 3 aromatic carbocycles. The number of aliphatic hydroxyl groups excluding tert-OH is 1. The van der Waals surface area contributed by atoms with E-state index in [1.165, 1.54) is 11.1 Å². The van der Waals surface area contributed by atoms with Crippen LogP contribution in [0.3, 0.4) is 0 Å². The average Bonchev–Trinajstić information content (AvgIpc) is 3.24. The summed E-state index contributed by atoms with van der Waals surface area (Å²) in [7, 11) is 2.00. The van der Waals surface area contributed by atoms with Crippen molar-refractivity contribution < 1.29 is 15.0 Å². The van der Waals surface area contributed by atoms with E-state index >= 15 is 0 Å². The topological polar surface area (TPSA) is 72.8 Å². The third kappa shape index (κ3) is 8.17. The Morgan fingerprint density at radius 1 is 1.03 bits per heavy atom. The van der Waals surface area contributed by atoms with Crippen LogP contribution in [0.15, 0.2) is 77.7 Å². The Morgan fingerprint density at radius 3 is 2.35 bits per heavy atom. The first-order chi connectivity index (χ1) is 17.7. The Bertz CT molecular complexity index is 1170. The third-order valence-electron chi connectivity index (χ3n) is 6.95. The fourth-order valence-electron chi connectivity index (χ4n) is 5.30. The van der Waals surface area contributed by atoms with Gasteiger partial charge in [0.05, 0.1) is 12.5 Å². The van der Waals surface area contributed by atoms with E-state index in [9.17, 15) is 9.90 Å². The number of carboxylic acid groups (broad SMARTS) is 1. The Morgan fingerprint density at radius 2 is 1.70 bits per heavy atom. The van der Waals surface area contributed by atoms with Crippen LogP contribution in [0.5, 0.6) is 0 Å². The molecule has 1 aliphatic rings. The number of carbonyl (C=O) groups is 1. The predicted molar refractivity (Wildman–Crippen MR) is 152 cm³/mol. The number of hydrogen-bond acceptors (Lipinski definition) is 5. The van der Waals surface area contributed by atoms with Crippen LogP contribution in [0.2, 0.25) is 0 Å². The summed E-state index contributed by atoms with van der Waals surface area (Å²) in [6.07, 6.45) is 2.94. The molecule has 0 amide bonds. The van der Waals surface area contributed by atoms with E-state index in [0.29, 0.717) is 19.0 Å². The number of benzene rings is 3. The molecule has 37 heavy (non-hydrogen) atoms. The summed E-state index contributed by atoms with van der Waals surface area (Å²) < 4.78 is 2.06.